The molecule has 3 nitrogen and oxygen atoms in total. The van der Waals surface area contributed by atoms with Crippen molar-refractivity contribution >= 4 is 33.2 Å². The lowest BCUT2D eigenvalue weighted by Crippen LogP contribution is -2.25. The molecular formula is C12H11BrN2OS. The number of aromatic nitrogens is 1. The largest absolute Gasteiger partial charge is 0.345 e. The molecule has 88 valence electrons. The van der Waals surface area contributed by atoms with Crippen molar-refractivity contribution in [1.29, 1.82) is 0 Å². The zero-order chi connectivity index (χ0) is 12.3. The Bertz CT molecular complexity index is 512. The number of hydrogen-bond donors (Lipinski definition) is 1. The van der Waals surface area contributed by atoms with E-state index in [0.717, 1.165) is 10.0 Å². The van der Waals surface area contributed by atoms with Crippen molar-refractivity contribution in [3.8, 4) is 0 Å². The zero-order valence-electron chi connectivity index (χ0n) is 9.18. The molecule has 0 saturated carbocycles. The molecule has 0 saturated heterocycles. The second-order valence-corrected chi connectivity index (χ2v) is 5.43. The minimum absolute atomic E-state index is 0.0219. The third-order valence-electron chi connectivity index (χ3n) is 2.34. The molecule has 0 aliphatic carbocycles. The van der Waals surface area contributed by atoms with Crippen LogP contribution in [0.4, 0.5) is 0 Å². The Hall–Kier alpha value is -1.20. The van der Waals surface area contributed by atoms with E-state index in [1.165, 1.54) is 11.3 Å². The molecule has 2 heterocycles. The second kappa shape index (κ2) is 5.42. The topological polar surface area (TPSA) is 42.0 Å². The molecule has 0 aliphatic heterocycles. The van der Waals surface area contributed by atoms with Gasteiger partial charge in [0.05, 0.1) is 10.9 Å². The van der Waals surface area contributed by atoms with Gasteiger partial charge in [0.2, 0.25) is 0 Å². The number of thiophene rings is 1. The quantitative estimate of drug-likeness (QED) is 0.944. The zero-order valence-corrected chi connectivity index (χ0v) is 11.6. The first-order valence-electron chi connectivity index (χ1n) is 5.11. The number of rotatable bonds is 3. The molecule has 5 heteroatoms. The summed E-state index contributed by atoms with van der Waals surface area (Å²) in [6, 6.07) is 5.59. The Balaban J connectivity index is 2.04. The van der Waals surface area contributed by atoms with Gasteiger partial charge in [0.1, 0.15) is 0 Å². The van der Waals surface area contributed by atoms with Gasteiger partial charge >= 0.3 is 0 Å². The van der Waals surface area contributed by atoms with Gasteiger partial charge in [-0.25, -0.2) is 0 Å². The average molecular weight is 311 g/mol. The summed E-state index contributed by atoms with van der Waals surface area (Å²) >= 11 is 4.76. The van der Waals surface area contributed by atoms with Crippen molar-refractivity contribution in [2.24, 2.45) is 0 Å². The first-order chi connectivity index (χ1) is 8.16. The fraction of sp³-hybridized carbons (Fsp3) is 0.167. The molecule has 2 aromatic heterocycles. The van der Waals surface area contributed by atoms with Crippen LogP contribution in [0.2, 0.25) is 0 Å². The summed E-state index contributed by atoms with van der Waals surface area (Å²) in [6.07, 6.45) is 3.44. The van der Waals surface area contributed by atoms with Gasteiger partial charge in [-0.3, -0.25) is 9.78 Å². The lowest BCUT2D eigenvalue weighted by Gasteiger charge is -2.13. The molecule has 0 spiro atoms. The van der Waals surface area contributed by atoms with Gasteiger partial charge in [-0.05, 0) is 46.6 Å². The van der Waals surface area contributed by atoms with Crippen molar-refractivity contribution < 1.29 is 4.79 Å². The van der Waals surface area contributed by atoms with Crippen LogP contribution in [0.3, 0.4) is 0 Å². The van der Waals surface area contributed by atoms with Crippen LogP contribution in [0.1, 0.15) is 28.2 Å². The molecule has 0 fully saturated rings. The van der Waals surface area contributed by atoms with E-state index in [2.05, 4.69) is 26.2 Å². The number of nitrogens with one attached hydrogen (secondary N) is 1. The highest BCUT2D eigenvalue weighted by Gasteiger charge is 2.12. The second-order valence-electron chi connectivity index (χ2n) is 3.60. The number of nitrogens with zero attached hydrogens (tertiary/aromatic N) is 1. The van der Waals surface area contributed by atoms with E-state index >= 15 is 0 Å². The monoisotopic (exact) mass is 310 g/mol. The SMILES string of the molecule is C[C@@H](NC(=O)c1cc(Br)cs1)c1ccncc1. The van der Waals surface area contributed by atoms with E-state index in [1.807, 2.05) is 30.5 Å². The molecule has 1 atom stereocenters. The molecule has 0 unspecified atom stereocenters. The highest BCUT2D eigenvalue weighted by Crippen LogP contribution is 2.20. The Morgan fingerprint density at radius 1 is 1.47 bits per heavy atom. The number of halogens is 1. The van der Waals surface area contributed by atoms with E-state index in [-0.39, 0.29) is 11.9 Å². The first kappa shape index (κ1) is 12.3. The lowest BCUT2D eigenvalue weighted by atomic mass is 10.1. The molecule has 1 N–H and O–H groups in total. The summed E-state index contributed by atoms with van der Waals surface area (Å²) in [6.45, 7) is 1.95. The fourth-order valence-electron chi connectivity index (χ4n) is 1.44. The molecule has 2 rings (SSSR count). The fourth-order valence-corrected chi connectivity index (χ4v) is 2.76. The first-order valence-corrected chi connectivity index (χ1v) is 6.79. The minimum atomic E-state index is -0.0509. The summed E-state index contributed by atoms with van der Waals surface area (Å²) in [5, 5.41) is 4.84. The van der Waals surface area contributed by atoms with Gasteiger partial charge in [0.25, 0.3) is 5.91 Å². The van der Waals surface area contributed by atoms with Crippen LogP contribution < -0.4 is 5.32 Å². The van der Waals surface area contributed by atoms with Gasteiger partial charge in [-0.2, -0.15) is 0 Å². The molecule has 0 bridgehead atoms. The predicted octanol–water partition coefficient (Wildman–Crippen LogP) is 3.40. The van der Waals surface area contributed by atoms with E-state index in [4.69, 9.17) is 0 Å². The maximum Gasteiger partial charge on any atom is 0.261 e. The van der Waals surface area contributed by atoms with E-state index < -0.39 is 0 Å². The Labute approximate surface area is 112 Å². The van der Waals surface area contributed by atoms with Crippen molar-refractivity contribution in [3.05, 3.63) is 50.9 Å². The third-order valence-corrected chi connectivity index (χ3v) is 4.03. The Kier molecular flexibility index (Phi) is 3.91. The molecule has 17 heavy (non-hydrogen) atoms. The van der Waals surface area contributed by atoms with Crippen molar-refractivity contribution in [2.75, 3.05) is 0 Å². The van der Waals surface area contributed by atoms with Crippen LogP contribution in [0, 0.1) is 0 Å². The predicted molar refractivity (Wildman–Crippen MR) is 72.1 cm³/mol. The van der Waals surface area contributed by atoms with Crippen LogP contribution in [0.15, 0.2) is 40.4 Å². The summed E-state index contributed by atoms with van der Waals surface area (Å²) in [7, 11) is 0. The number of amides is 1. The number of carbonyl (C=O) groups excluding carboxylic acids is 1. The summed E-state index contributed by atoms with van der Waals surface area (Å²) < 4.78 is 0.934. The van der Waals surface area contributed by atoms with Crippen molar-refractivity contribution in [3.63, 3.8) is 0 Å². The smallest absolute Gasteiger partial charge is 0.261 e. The van der Waals surface area contributed by atoms with E-state index in [1.54, 1.807) is 12.4 Å². The average Bonchev–Trinajstić information content (AvgIpc) is 2.77. The summed E-state index contributed by atoms with van der Waals surface area (Å²) in [4.78, 5) is 16.6. The Morgan fingerprint density at radius 2 is 2.18 bits per heavy atom. The minimum Gasteiger partial charge on any atom is -0.345 e. The van der Waals surface area contributed by atoms with Crippen LogP contribution >= 0.6 is 27.3 Å². The number of hydrogen-bond acceptors (Lipinski definition) is 3. The summed E-state index contributed by atoms with van der Waals surface area (Å²) in [5.41, 5.74) is 1.05. The summed E-state index contributed by atoms with van der Waals surface area (Å²) in [5.74, 6) is -0.0509. The van der Waals surface area contributed by atoms with Crippen LogP contribution in [-0.4, -0.2) is 10.9 Å². The van der Waals surface area contributed by atoms with Gasteiger partial charge in [-0.1, -0.05) is 0 Å². The number of carbonyl (C=O) groups is 1. The normalized spacial score (nSPS) is 12.1. The highest BCUT2D eigenvalue weighted by molar-refractivity contribution is 9.10. The van der Waals surface area contributed by atoms with E-state index in [9.17, 15) is 4.79 Å². The number of pyridine rings is 1. The Morgan fingerprint density at radius 3 is 2.76 bits per heavy atom. The van der Waals surface area contributed by atoms with E-state index in [0.29, 0.717) is 4.88 Å². The molecular weight excluding hydrogens is 300 g/mol. The van der Waals surface area contributed by atoms with Crippen LogP contribution in [-0.2, 0) is 0 Å². The molecule has 1 amide bonds. The standard InChI is InChI=1S/C12H11BrN2OS/c1-8(9-2-4-14-5-3-9)15-12(16)11-6-10(13)7-17-11/h2-8H,1H3,(H,15,16)/t8-/m1/s1. The van der Waals surface area contributed by atoms with Crippen molar-refractivity contribution in [2.45, 2.75) is 13.0 Å². The van der Waals surface area contributed by atoms with Crippen LogP contribution in [0.5, 0.6) is 0 Å². The van der Waals surface area contributed by atoms with Gasteiger partial charge in [-0.15, -0.1) is 11.3 Å². The van der Waals surface area contributed by atoms with Gasteiger partial charge in [0.15, 0.2) is 0 Å². The van der Waals surface area contributed by atoms with Gasteiger partial charge < -0.3 is 5.32 Å². The van der Waals surface area contributed by atoms with Crippen LogP contribution in [0.25, 0.3) is 0 Å². The highest BCUT2D eigenvalue weighted by atomic mass is 79.9. The lowest BCUT2D eigenvalue weighted by molar-refractivity contribution is 0.0944. The third kappa shape index (κ3) is 3.14. The maximum atomic E-state index is 11.9. The molecule has 2 aromatic rings. The van der Waals surface area contributed by atoms with Crippen molar-refractivity contribution in [1.82, 2.24) is 10.3 Å². The molecule has 0 aromatic carbocycles. The maximum absolute atomic E-state index is 11.9. The van der Waals surface area contributed by atoms with Gasteiger partial charge in [0, 0.05) is 22.2 Å². The molecule has 0 radical (unpaired) electrons. The molecule has 0 aliphatic rings.